The normalized spacial score (nSPS) is 11.6. The van der Waals surface area contributed by atoms with Crippen LogP contribution in [0.5, 0.6) is 5.75 Å². The first kappa shape index (κ1) is 23.9. The molecule has 0 bridgehead atoms. The van der Waals surface area contributed by atoms with Crippen LogP contribution in [0.15, 0.2) is 30.3 Å². The molecule has 0 aliphatic rings. The van der Waals surface area contributed by atoms with Gasteiger partial charge in [0.15, 0.2) is 0 Å². The van der Waals surface area contributed by atoms with E-state index in [0.29, 0.717) is 13.2 Å². The number of methoxy groups -OCH3 is 2. The molecule has 0 amide bonds. The van der Waals surface area contributed by atoms with Crippen LogP contribution in [0.3, 0.4) is 0 Å². The molecule has 1 atom stereocenters. The predicted octanol–water partition coefficient (Wildman–Crippen LogP) is 4.07. The summed E-state index contributed by atoms with van der Waals surface area (Å²) in [6, 6.07) is 9.60. The summed E-state index contributed by atoms with van der Waals surface area (Å²) in [5.74, 6) is 0.756. The first-order valence-corrected chi connectivity index (χ1v) is 9.84. The third-order valence-electron chi connectivity index (χ3n) is 4.57. The number of benzene rings is 2. The second kappa shape index (κ2) is 11.0. The molecule has 0 spiro atoms. The zero-order valence-electron chi connectivity index (χ0n) is 17.4. The molecule has 0 aromatic heterocycles. The first-order valence-electron chi connectivity index (χ1n) is 8.58. The second-order valence-electron chi connectivity index (χ2n) is 6.26. The Bertz CT molecular complexity index is 775. The topological polar surface area (TPSA) is 44.8 Å². The average molecular weight is 381 g/mol. The largest absolute Gasteiger partial charge is 0.497 e. The molecule has 2 aromatic rings. The van der Waals surface area contributed by atoms with Gasteiger partial charge in [0.05, 0.1) is 20.3 Å². The molecule has 4 nitrogen and oxygen atoms in total. The van der Waals surface area contributed by atoms with Crippen molar-refractivity contribution in [1.82, 2.24) is 0 Å². The Balaban J connectivity index is 0.00000364. The van der Waals surface area contributed by atoms with Gasteiger partial charge in [-0.05, 0) is 74.2 Å². The van der Waals surface area contributed by atoms with Gasteiger partial charge in [-0.15, -0.1) is 0 Å². The van der Waals surface area contributed by atoms with Crippen LogP contribution in [0.4, 0.5) is 0 Å². The molecule has 0 N–H and O–H groups in total. The van der Waals surface area contributed by atoms with Gasteiger partial charge in [0, 0.05) is 36.8 Å². The van der Waals surface area contributed by atoms with Crippen LogP contribution < -0.4 is 10.0 Å². The van der Waals surface area contributed by atoms with Gasteiger partial charge in [-0.2, -0.15) is 0 Å². The molecule has 1 unspecified atom stereocenters. The molecular formula is C21H27LiO4P. The molecule has 6 heteroatoms. The number of hydrogen-bond acceptors (Lipinski definition) is 4. The van der Waals surface area contributed by atoms with Crippen LogP contribution in [0, 0.1) is 27.7 Å². The van der Waals surface area contributed by atoms with E-state index in [4.69, 9.17) is 14.0 Å². The summed E-state index contributed by atoms with van der Waals surface area (Å²) in [5, 5.41) is 0.874. The van der Waals surface area contributed by atoms with E-state index in [1.807, 2.05) is 38.1 Å². The van der Waals surface area contributed by atoms with Gasteiger partial charge in [-0.25, -0.2) is 0 Å². The summed E-state index contributed by atoms with van der Waals surface area (Å²) in [5.41, 5.74) is 5.19. The van der Waals surface area contributed by atoms with Crippen molar-refractivity contribution in [2.24, 2.45) is 0 Å². The number of rotatable bonds is 8. The Hall–Kier alpha value is -1.14. The van der Waals surface area contributed by atoms with Gasteiger partial charge in [0.25, 0.3) is 0 Å². The van der Waals surface area contributed by atoms with Crippen LogP contribution in [-0.4, -0.2) is 51.8 Å². The molecule has 0 fully saturated rings. The monoisotopic (exact) mass is 381 g/mol. The molecule has 0 saturated carbocycles. The summed E-state index contributed by atoms with van der Waals surface area (Å²) in [7, 11) is 1.80. The first-order chi connectivity index (χ1) is 12.4. The van der Waals surface area contributed by atoms with Crippen LogP contribution >= 0.6 is 8.15 Å². The van der Waals surface area contributed by atoms with Gasteiger partial charge in [0.2, 0.25) is 5.52 Å². The molecule has 1 radical (unpaired) electrons. The van der Waals surface area contributed by atoms with Crippen LogP contribution in [0.25, 0.3) is 0 Å². The minimum absolute atomic E-state index is 0. The van der Waals surface area contributed by atoms with E-state index < -0.39 is 8.15 Å². The Morgan fingerprint density at radius 2 is 1.56 bits per heavy atom. The SMILES string of the molecule is COCCOP(C(=O)c1c(C)cc(C)c(C)c1C)c1ccc(OC)cc1.[Li]. The third-order valence-corrected chi connectivity index (χ3v) is 6.37. The molecule has 2 rings (SSSR count). The molecular weight excluding hydrogens is 354 g/mol. The van der Waals surface area contributed by atoms with Crippen molar-refractivity contribution in [2.75, 3.05) is 27.4 Å². The fraction of sp³-hybridized carbons (Fsp3) is 0.381. The van der Waals surface area contributed by atoms with E-state index in [0.717, 1.165) is 33.3 Å². The van der Waals surface area contributed by atoms with Crippen molar-refractivity contribution < 1.29 is 18.8 Å². The maximum Gasteiger partial charge on any atom is 0.216 e. The summed E-state index contributed by atoms with van der Waals surface area (Å²) < 4.78 is 16.3. The van der Waals surface area contributed by atoms with E-state index in [-0.39, 0.29) is 24.4 Å². The maximum absolute atomic E-state index is 13.4. The number of hydrogen-bond donors (Lipinski definition) is 0. The van der Waals surface area contributed by atoms with Crippen molar-refractivity contribution in [3.8, 4) is 5.75 Å². The van der Waals surface area contributed by atoms with Crippen molar-refractivity contribution in [1.29, 1.82) is 0 Å². The van der Waals surface area contributed by atoms with Gasteiger partial charge in [-0.3, -0.25) is 4.79 Å². The van der Waals surface area contributed by atoms with E-state index in [1.54, 1.807) is 14.2 Å². The fourth-order valence-electron chi connectivity index (χ4n) is 2.89. The van der Waals surface area contributed by atoms with Crippen LogP contribution in [-0.2, 0) is 9.26 Å². The second-order valence-corrected chi connectivity index (χ2v) is 8.03. The summed E-state index contributed by atoms with van der Waals surface area (Å²) in [6.07, 6.45) is 0. The Morgan fingerprint density at radius 1 is 0.926 bits per heavy atom. The molecule has 27 heavy (non-hydrogen) atoms. The van der Waals surface area contributed by atoms with Crippen molar-refractivity contribution >= 4 is 37.8 Å². The third kappa shape index (κ3) is 5.67. The number of aryl methyl sites for hydroxylation is 2. The van der Waals surface area contributed by atoms with Crippen molar-refractivity contribution in [2.45, 2.75) is 27.7 Å². The molecule has 0 saturated heterocycles. The summed E-state index contributed by atoms with van der Waals surface area (Å²) >= 11 is 0. The average Bonchev–Trinajstić information content (AvgIpc) is 2.63. The molecule has 0 aliphatic heterocycles. The Morgan fingerprint density at radius 3 is 2.11 bits per heavy atom. The van der Waals surface area contributed by atoms with E-state index in [1.165, 1.54) is 5.56 Å². The van der Waals surface area contributed by atoms with Crippen molar-refractivity contribution in [3.05, 3.63) is 58.1 Å². The number of carbonyl (C=O) groups is 1. The van der Waals surface area contributed by atoms with Crippen LogP contribution in [0.2, 0.25) is 0 Å². The van der Waals surface area contributed by atoms with Gasteiger partial charge in [0.1, 0.15) is 13.9 Å². The molecule has 141 valence electrons. The van der Waals surface area contributed by atoms with Crippen LogP contribution in [0.1, 0.15) is 32.6 Å². The molecule has 0 heterocycles. The quantitative estimate of drug-likeness (QED) is 0.393. The molecule has 2 aromatic carbocycles. The zero-order valence-corrected chi connectivity index (χ0v) is 18.3. The van der Waals surface area contributed by atoms with Gasteiger partial charge >= 0.3 is 0 Å². The zero-order chi connectivity index (χ0) is 19.3. The number of ether oxygens (including phenoxy) is 2. The van der Waals surface area contributed by atoms with E-state index in [9.17, 15) is 4.79 Å². The minimum Gasteiger partial charge on any atom is -0.497 e. The summed E-state index contributed by atoms with van der Waals surface area (Å²) in [4.78, 5) is 13.4. The Kier molecular flexibility index (Phi) is 9.74. The van der Waals surface area contributed by atoms with E-state index >= 15 is 0 Å². The predicted molar refractivity (Wildman–Crippen MR) is 113 cm³/mol. The maximum atomic E-state index is 13.4. The Labute approximate surface area is 175 Å². The van der Waals surface area contributed by atoms with Gasteiger partial charge in [-0.1, -0.05) is 6.07 Å². The minimum atomic E-state index is -1.45. The summed E-state index contributed by atoms with van der Waals surface area (Å²) in [6.45, 7) is 8.96. The standard InChI is InChI=1S/C21H27O4P.Li/c1-14-13-15(2)20(17(4)16(14)3)21(22)26(25-12-11-23-5)19-9-7-18(24-6)8-10-19;/h7-10,13H,11-12H2,1-6H3;. The fourth-order valence-corrected chi connectivity index (χ4v) is 4.62. The smallest absolute Gasteiger partial charge is 0.216 e. The number of carbonyl (C=O) groups excluding carboxylic acids is 1. The van der Waals surface area contributed by atoms with Gasteiger partial charge < -0.3 is 14.0 Å². The van der Waals surface area contributed by atoms with E-state index in [2.05, 4.69) is 19.9 Å². The van der Waals surface area contributed by atoms with Crippen molar-refractivity contribution in [3.63, 3.8) is 0 Å². The molecule has 0 aliphatic carbocycles.